The number of benzene rings is 1. The van der Waals surface area contributed by atoms with E-state index >= 15 is 0 Å². The first kappa shape index (κ1) is 13.6. The maximum Gasteiger partial charge on any atom is 0.152 e. The van der Waals surface area contributed by atoms with Crippen molar-refractivity contribution in [2.24, 2.45) is 0 Å². The second-order valence-corrected chi connectivity index (χ2v) is 7.50. The van der Waals surface area contributed by atoms with Gasteiger partial charge < -0.3 is 0 Å². The lowest BCUT2D eigenvalue weighted by molar-refractivity contribution is 0.112. The van der Waals surface area contributed by atoms with Crippen molar-refractivity contribution in [1.29, 1.82) is 0 Å². The lowest BCUT2D eigenvalue weighted by atomic mass is 10.2. The molecule has 0 atom stereocenters. The second-order valence-electron chi connectivity index (χ2n) is 2.10. The predicted molar refractivity (Wildman–Crippen MR) is 95.4 cm³/mol. The maximum atomic E-state index is 10.8. The second kappa shape index (κ2) is 5.75. The summed E-state index contributed by atoms with van der Waals surface area (Å²) in [5.74, 6) is 0. The van der Waals surface area contributed by atoms with Crippen molar-refractivity contribution in [3.63, 3.8) is 0 Å². The summed E-state index contributed by atoms with van der Waals surface area (Å²) in [7, 11) is 0. The highest BCUT2D eigenvalue weighted by Crippen LogP contribution is 2.32. The molecule has 0 amide bonds. The highest BCUT2D eigenvalue weighted by molar-refractivity contribution is 14.1. The predicted octanol–water partition coefficient (Wildman–Crippen LogP) is 4.52. The number of carbonyl (C=O) groups is 1. The summed E-state index contributed by atoms with van der Waals surface area (Å²) in [6, 6.07) is 0. The molecule has 0 aromatic heterocycles. The third-order valence-electron chi connectivity index (χ3n) is 1.36. The molecule has 0 heterocycles. The molecule has 1 aromatic rings. The van der Waals surface area contributed by atoms with Crippen LogP contribution in [0.5, 0.6) is 0 Å². The molecule has 1 aromatic carbocycles. The molecule has 70 valence electrons. The summed E-state index contributed by atoms with van der Waals surface area (Å²) in [6.45, 7) is 0. The van der Waals surface area contributed by atoms with Crippen LogP contribution in [0.2, 0.25) is 0 Å². The van der Waals surface area contributed by atoms with Crippen molar-refractivity contribution in [1.82, 2.24) is 0 Å². The highest BCUT2D eigenvalue weighted by atomic mass is 127. The van der Waals surface area contributed by atoms with Gasteiger partial charge in [-0.1, -0.05) is 0 Å². The van der Waals surface area contributed by atoms with Gasteiger partial charge in [-0.05, 0) is 113 Å². The molecule has 1 rings (SSSR count). The molecule has 0 aliphatic rings. The van der Waals surface area contributed by atoms with E-state index < -0.39 is 0 Å². The molecule has 0 radical (unpaired) electrons. The van der Waals surface area contributed by atoms with Crippen molar-refractivity contribution in [2.75, 3.05) is 0 Å². The number of halogens is 5. The summed E-state index contributed by atoms with van der Waals surface area (Å²) in [5.41, 5.74) is 0.815. The largest absolute Gasteiger partial charge is 0.298 e. The minimum Gasteiger partial charge on any atom is -0.298 e. The lowest BCUT2D eigenvalue weighted by Crippen LogP contribution is -2.01. The van der Waals surface area contributed by atoms with Gasteiger partial charge in [0.2, 0.25) is 0 Å². The molecule has 0 unspecified atom stereocenters. The standard InChI is InChI=1S/C7HI5O/c8-3-2(1-13)4(9)6(11)7(12)5(3)10/h1H. The molecule has 0 fully saturated rings. The van der Waals surface area contributed by atoms with Gasteiger partial charge in [0.15, 0.2) is 6.29 Å². The van der Waals surface area contributed by atoms with Crippen LogP contribution in [0.15, 0.2) is 0 Å². The molecule has 6 heteroatoms. The number of rotatable bonds is 1. The molecule has 0 spiro atoms. The van der Waals surface area contributed by atoms with Crippen LogP contribution in [0.3, 0.4) is 0 Å². The van der Waals surface area contributed by atoms with Gasteiger partial charge in [0.05, 0.1) is 0 Å². The summed E-state index contributed by atoms with van der Waals surface area (Å²) in [5, 5.41) is 0. The van der Waals surface area contributed by atoms with Crippen LogP contribution in [-0.4, -0.2) is 6.29 Å². The Bertz CT molecular complexity index is 345. The van der Waals surface area contributed by atoms with Crippen LogP contribution < -0.4 is 0 Å². The Morgan fingerprint density at radius 3 is 1.31 bits per heavy atom. The van der Waals surface area contributed by atoms with Crippen molar-refractivity contribution in [3.8, 4) is 0 Å². The normalized spacial score (nSPS) is 10.2. The third-order valence-corrected chi connectivity index (χ3v) is 11.0. The van der Waals surface area contributed by atoms with Gasteiger partial charge in [-0.3, -0.25) is 4.79 Å². The van der Waals surface area contributed by atoms with E-state index in [9.17, 15) is 4.79 Å². The van der Waals surface area contributed by atoms with Crippen LogP contribution >= 0.6 is 113 Å². The van der Waals surface area contributed by atoms with Gasteiger partial charge >= 0.3 is 0 Å². The minimum atomic E-state index is 0.815. The quantitative estimate of drug-likeness (QED) is 0.180. The Morgan fingerprint density at radius 1 is 0.692 bits per heavy atom. The van der Waals surface area contributed by atoms with Gasteiger partial charge in [-0.2, -0.15) is 0 Å². The maximum absolute atomic E-state index is 10.8. The fourth-order valence-electron chi connectivity index (χ4n) is 0.725. The van der Waals surface area contributed by atoms with E-state index in [1.165, 1.54) is 10.7 Å². The topological polar surface area (TPSA) is 17.1 Å². The number of hydrogen-bond acceptors (Lipinski definition) is 1. The molecule has 0 N–H and O–H groups in total. The van der Waals surface area contributed by atoms with Gasteiger partial charge in [0.1, 0.15) is 0 Å². The summed E-state index contributed by atoms with van der Waals surface area (Å²) in [4.78, 5) is 10.8. The zero-order valence-corrected chi connectivity index (χ0v) is 16.7. The summed E-state index contributed by atoms with van der Waals surface area (Å²) in [6.07, 6.45) is 0.934. The zero-order chi connectivity index (χ0) is 10.2. The van der Waals surface area contributed by atoms with Crippen molar-refractivity contribution < 1.29 is 4.79 Å². The van der Waals surface area contributed by atoms with Crippen LogP contribution in [0, 0.1) is 17.9 Å². The molecule has 1 nitrogen and oxygen atoms in total. The van der Waals surface area contributed by atoms with Gasteiger partial charge in [-0.25, -0.2) is 0 Å². The highest BCUT2D eigenvalue weighted by Gasteiger charge is 2.16. The Labute approximate surface area is 144 Å². The Kier molecular flexibility index (Phi) is 6.01. The Morgan fingerprint density at radius 2 is 1.00 bits per heavy atom. The SMILES string of the molecule is O=Cc1c(I)c(I)c(I)c(I)c1I. The smallest absolute Gasteiger partial charge is 0.152 e. The molecule has 0 saturated heterocycles. The van der Waals surface area contributed by atoms with E-state index in [1.807, 2.05) is 0 Å². The molecule has 13 heavy (non-hydrogen) atoms. The van der Waals surface area contributed by atoms with E-state index in [2.05, 4.69) is 113 Å². The molecule has 0 aliphatic carbocycles. The number of hydrogen-bond donors (Lipinski definition) is 0. The van der Waals surface area contributed by atoms with E-state index in [1.54, 1.807) is 0 Å². The molecule has 0 saturated carbocycles. The van der Waals surface area contributed by atoms with Crippen LogP contribution in [0.1, 0.15) is 10.4 Å². The summed E-state index contributed by atoms with van der Waals surface area (Å²) < 4.78 is 5.69. The fraction of sp³-hybridized carbons (Fsp3) is 0. The average Bonchev–Trinajstić information content (AvgIpc) is 2.13. The van der Waals surface area contributed by atoms with Crippen LogP contribution in [0.4, 0.5) is 0 Å². The third kappa shape index (κ3) is 2.81. The molecule has 0 bridgehead atoms. The fourth-order valence-corrected chi connectivity index (χ4v) is 5.78. The van der Waals surface area contributed by atoms with Crippen LogP contribution in [0.25, 0.3) is 0 Å². The first-order valence-electron chi connectivity index (χ1n) is 2.97. The van der Waals surface area contributed by atoms with Crippen molar-refractivity contribution in [2.45, 2.75) is 0 Å². The first-order valence-corrected chi connectivity index (χ1v) is 8.36. The van der Waals surface area contributed by atoms with Crippen LogP contribution in [-0.2, 0) is 0 Å². The lowest BCUT2D eigenvalue weighted by Gasteiger charge is -2.08. The van der Waals surface area contributed by atoms with E-state index in [0.29, 0.717) is 0 Å². The Hall–Kier alpha value is 2.54. The van der Waals surface area contributed by atoms with Gasteiger partial charge in [-0.15, -0.1) is 0 Å². The number of carbonyl (C=O) groups excluding carboxylic acids is 1. The zero-order valence-electron chi connectivity index (χ0n) is 5.88. The first-order chi connectivity index (χ1) is 6.00. The van der Waals surface area contributed by atoms with E-state index in [0.717, 1.165) is 19.0 Å². The van der Waals surface area contributed by atoms with Crippen molar-refractivity contribution >= 4 is 119 Å². The monoisotopic (exact) mass is 736 g/mol. The van der Waals surface area contributed by atoms with E-state index in [-0.39, 0.29) is 0 Å². The minimum absolute atomic E-state index is 0.815. The van der Waals surface area contributed by atoms with Gasteiger partial charge in [0.25, 0.3) is 0 Å². The molecular formula is C7HI5O. The molecule has 0 aliphatic heterocycles. The van der Waals surface area contributed by atoms with Crippen molar-refractivity contribution in [3.05, 3.63) is 23.4 Å². The Balaban J connectivity index is 3.66. The summed E-state index contributed by atoms with van der Waals surface area (Å²) >= 11 is 11.3. The van der Waals surface area contributed by atoms with E-state index in [4.69, 9.17) is 0 Å². The molecular weight excluding hydrogens is 735 g/mol. The average molecular weight is 736 g/mol. The number of aldehydes is 1. The van der Waals surface area contributed by atoms with Gasteiger partial charge in [0, 0.05) is 23.4 Å².